The van der Waals surface area contributed by atoms with Gasteiger partial charge in [0.15, 0.2) is 0 Å². The molecule has 1 aliphatic heterocycles. The van der Waals surface area contributed by atoms with Crippen LogP contribution in [0.25, 0.3) is 0 Å². The van der Waals surface area contributed by atoms with Crippen LogP contribution in [0.3, 0.4) is 0 Å². The molecule has 2 unspecified atom stereocenters. The number of aliphatic hydroxyl groups is 1. The third-order valence-electron chi connectivity index (χ3n) is 6.01. The maximum atomic E-state index is 14.7. The van der Waals surface area contributed by atoms with Crippen molar-refractivity contribution < 1.29 is 151 Å². The summed E-state index contributed by atoms with van der Waals surface area (Å²) in [7, 11) is 0. The van der Waals surface area contributed by atoms with Crippen LogP contribution in [0.2, 0.25) is 0 Å². The molecule has 1 fully saturated rings. The first-order valence-electron chi connectivity index (χ1n) is 10.4. The molecule has 2 atom stereocenters. The second-order valence-corrected chi connectivity index (χ2v) is 9.21. The van der Waals surface area contributed by atoms with E-state index < -0.39 is 95.4 Å². The summed E-state index contributed by atoms with van der Waals surface area (Å²) in [6, 6.07) is 0. The van der Waals surface area contributed by atoms with Crippen LogP contribution in [0.4, 0.5) is 136 Å². The predicted octanol–water partition coefficient (Wildman–Crippen LogP) is 8.40. The van der Waals surface area contributed by atoms with Crippen LogP contribution in [0.1, 0.15) is 0 Å². The van der Waals surface area contributed by atoms with Gasteiger partial charge in [-0.05, 0) is 0 Å². The van der Waals surface area contributed by atoms with Crippen molar-refractivity contribution >= 4 is 29.6 Å². The molecule has 0 aromatic rings. The van der Waals surface area contributed by atoms with E-state index in [1.807, 2.05) is 0 Å². The summed E-state index contributed by atoms with van der Waals surface area (Å²) in [5.74, 6) is -112. The standard InChI is InChI=1S/C16HF31O3.Na.H/c17-1(18,5(25,26)9(33,34)13(38,39)40)3(21,22)7(29,30)11(37)16(46,47)50-12(49-11,15(44,45)48)8(31,32)4(23,24)2(19,20)6(27,28)10(35,36)14(41,42)43;;/h48H;;. The van der Waals surface area contributed by atoms with Crippen molar-refractivity contribution in [3.63, 3.8) is 0 Å². The molecule has 35 heteroatoms. The number of alkyl halides is 31. The van der Waals surface area contributed by atoms with Crippen LogP contribution in [0.15, 0.2) is 0 Å². The van der Waals surface area contributed by atoms with Crippen LogP contribution in [0, 0.1) is 0 Å². The molecule has 0 amide bonds. The maximum absolute atomic E-state index is 14.7. The van der Waals surface area contributed by atoms with E-state index in [4.69, 9.17) is 5.11 Å². The summed E-state index contributed by atoms with van der Waals surface area (Å²) in [6.07, 6.45) is -33.8. The SMILES string of the molecule is OC(F)(F)C1(C(F)(F)C(F)(F)C(F)(F)C(F)(F)C(F)(F)C(F)(F)F)OC(F)(F)C(F)(C(F)(F)C(F)(F)C(F)(F)C(F)(F)C(F)(F)C(F)(F)F)O1.[NaH]. The van der Waals surface area contributed by atoms with Gasteiger partial charge in [0, 0.05) is 0 Å². The Morgan fingerprint density at radius 2 is 0.569 bits per heavy atom. The molecule has 0 radical (unpaired) electrons. The minimum absolute atomic E-state index is 0. The molecule has 0 spiro atoms. The molecule has 1 rings (SSSR count). The number of halogens is 31. The summed E-state index contributed by atoms with van der Waals surface area (Å²) >= 11 is 0. The average Bonchev–Trinajstić information content (AvgIpc) is 3.09. The molecule has 1 N–H and O–H groups in total. The zero-order valence-corrected chi connectivity index (χ0v) is 21.0. The van der Waals surface area contributed by atoms with Crippen LogP contribution >= 0.6 is 0 Å². The van der Waals surface area contributed by atoms with Gasteiger partial charge in [-0.25, -0.2) is 0 Å². The van der Waals surface area contributed by atoms with Crippen LogP contribution < -0.4 is 0 Å². The van der Waals surface area contributed by atoms with Crippen molar-refractivity contribution in [1.29, 1.82) is 0 Å². The van der Waals surface area contributed by atoms with Gasteiger partial charge in [0.25, 0.3) is 0 Å². The molecule has 0 aromatic carbocycles. The Morgan fingerprint density at radius 3 is 0.804 bits per heavy atom. The van der Waals surface area contributed by atoms with Crippen LogP contribution in [0.5, 0.6) is 0 Å². The molecule has 1 saturated heterocycles. The van der Waals surface area contributed by atoms with Crippen molar-refractivity contribution in [3.8, 4) is 0 Å². The van der Waals surface area contributed by atoms with Crippen molar-refractivity contribution in [2.75, 3.05) is 0 Å². The molecule has 1 aliphatic rings. The van der Waals surface area contributed by atoms with Gasteiger partial charge in [0.05, 0.1) is 0 Å². The molecule has 1 heterocycles. The molecule has 51 heavy (non-hydrogen) atoms. The van der Waals surface area contributed by atoms with Crippen molar-refractivity contribution in [2.24, 2.45) is 0 Å². The number of rotatable bonds is 11. The van der Waals surface area contributed by atoms with Crippen LogP contribution in [-0.4, -0.2) is 130 Å². The fourth-order valence-corrected chi connectivity index (χ4v) is 3.16. The first kappa shape index (κ1) is 49.7. The Morgan fingerprint density at radius 1 is 0.333 bits per heavy atom. The second-order valence-electron chi connectivity index (χ2n) is 9.21. The zero-order valence-electron chi connectivity index (χ0n) is 21.0. The number of hydrogen-bond donors (Lipinski definition) is 1. The fraction of sp³-hybridized carbons (Fsp3) is 1.00. The summed E-state index contributed by atoms with van der Waals surface area (Å²) in [5, 5.41) is 8.26. The van der Waals surface area contributed by atoms with Gasteiger partial charge in [-0.1, -0.05) is 0 Å². The van der Waals surface area contributed by atoms with E-state index in [9.17, 15) is 136 Å². The topological polar surface area (TPSA) is 38.7 Å². The van der Waals surface area contributed by atoms with Gasteiger partial charge in [0.1, 0.15) is 0 Å². The molecule has 3 nitrogen and oxygen atoms in total. The molecular weight excluding hydrogens is 852 g/mol. The average molecular weight is 854 g/mol. The van der Waals surface area contributed by atoms with Gasteiger partial charge < -0.3 is 5.11 Å². The Labute approximate surface area is 276 Å². The number of hydrogen-bond acceptors (Lipinski definition) is 3. The molecule has 0 saturated carbocycles. The molecule has 0 aliphatic carbocycles. The third-order valence-corrected chi connectivity index (χ3v) is 6.01. The van der Waals surface area contributed by atoms with E-state index in [1.165, 1.54) is 9.47 Å². The van der Waals surface area contributed by atoms with Gasteiger partial charge in [-0.3, -0.25) is 9.47 Å². The summed E-state index contributed by atoms with van der Waals surface area (Å²) in [5.41, 5.74) is 0. The Bertz CT molecular complexity index is 1290. The fourth-order valence-electron chi connectivity index (χ4n) is 3.16. The monoisotopic (exact) mass is 854 g/mol. The molecule has 0 bridgehead atoms. The van der Waals surface area contributed by atoms with Crippen molar-refractivity contribution in [1.82, 2.24) is 0 Å². The number of ether oxygens (including phenoxy) is 2. The van der Waals surface area contributed by atoms with E-state index in [2.05, 4.69) is 0 Å². The molecular formula is C16H2F31NaO3. The van der Waals surface area contributed by atoms with Gasteiger partial charge in [-0.2, -0.15) is 136 Å². The van der Waals surface area contributed by atoms with Gasteiger partial charge in [0.2, 0.25) is 0 Å². The first-order valence-corrected chi connectivity index (χ1v) is 10.4. The molecule has 0 aromatic heterocycles. The van der Waals surface area contributed by atoms with E-state index in [0.29, 0.717) is 0 Å². The summed E-state index contributed by atoms with van der Waals surface area (Å²) in [4.78, 5) is 0. The summed E-state index contributed by atoms with van der Waals surface area (Å²) < 4.78 is 418. The second kappa shape index (κ2) is 11.9. The summed E-state index contributed by atoms with van der Waals surface area (Å²) in [6.45, 7) is 0. The van der Waals surface area contributed by atoms with E-state index >= 15 is 0 Å². The Hall–Kier alpha value is -1.29. The van der Waals surface area contributed by atoms with Crippen LogP contribution in [-0.2, 0) is 9.47 Å². The zero-order chi connectivity index (χ0) is 41.4. The normalized spacial score (nSPS) is 24.5. The predicted molar refractivity (Wildman–Crippen MR) is 89.6 cm³/mol. The van der Waals surface area contributed by atoms with E-state index in [0.717, 1.165) is 0 Å². The van der Waals surface area contributed by atoms with Gasteiger partial charge >= 0.3 is 125 Å². The van der Waals surface area contributed by atoms with E-state index in [-0.39, 0.29) is 29.6 Å². The minimum atomic E-state index is -9.69. The van der Waals surface area contributed by atoms with Gasteiger partial charge in [-0.15, -0.1) is 0 Å². The Balaban J connectivity index is 0.0000250. The third kappa shape index (κ3) is 5.69. The quantitative estimate of drug-likeness (QED) is 0.168. The Kier molecular flexibility index (Phi) is 11.6. The van der Waals surface area contributed by atoms with Crippen molar-refractivity contribution in [2.45, 2.75) is 95.4 Å². The first-order chi connectivity index (χ1) is 20.9. The molecule has 302 valence electrons. The van der Waals surface area contributed by atoms with Crippen molar-refractivity contribution in [3.05, 3.63) is 0 Å². The van der Waals surface area contributed by atoms with E-state index in [1.54, 1.807) is 0 Å².